The summed E-state index contributed by atoms with van der Waals surface area (Å²) in [7, 11) is 0. The van der Waals surface area contributed by atoms with Crippen molar-refractivity contribution in [2.75, 3.05) is 0 Å². The number of alkyl halides is 3. The molecule has 1 aliphatic rings. The Bertz CT molecular complexity index is 162. The Labute approximate surface area is 55.0 Å². The summed E-state index contributed by atoms with van der Waals surface area (Å²) in [4.78, 5) is 0. The lowest BCUT2D eigenvalue weighted by molar-refractivity contribution is -0.144. The van der Waals surface area contributed by atoms with Crippen LogP contribution in [0, 0.1) is 0 Å². The normalized spacial score (nSPS) is 25.9. The SMILES string of the molecule is NC1=CC(C(F)(F)F)NN1. The summed E-state index contributed by atoms with van der Waals surface area (Å²) in [5.74, 6) is 0.00215. The zero-order valence-electron chi connectivity index (χ0n) is 4.87. The molecule has 0 amide bonds. The van der Waals surface area contributed by atoms with E-state index in [0.717, 1.165) is 6.08 Å². The van der Waals surface area contributed by atoms with Gasteiger partial charge in [0.15, 0.2) is 0 Å². The van der Waals surface area contributed by atoms with Gasteiger partial charge in [0, 0.05) is 0 Å². The molecule has 1 atom stereocenters. The first-order valence-electron chi connectivity index (χ1n) is 2.55. The zero-order chi connectivity index (χ0) is 7.78. The number of halogens is 3. The molecular formula is C4H6F3N3. The number of hydrogen-bond acceptors (Lipinski definition) is 3. The van der Waals surface area contributed by atoms with Gasteiger partial charge in [-0.1, -0.05) is 0 Å². The molecule has 3 nitrogen and oxygen atoms in total. The Morgan fingerprint density at radius 3 is 2.30 bits per heavy atom. The molecule has 0 radical (unpaired) electrons. The average Bonchev–Trinajstić information content (AvgIpc) is 2.11. The van der Waals surface area contributed by atoms with E-state index in [-0.39, 0.29) is 5.82 Å². The summed E-state index contributed by atoms with van der Waals surface area (Å²) in [5, 5.41) is 0. The van der Waals surface area contributed by atoms with Crippen molar-refractivity contribution in [2.24, 2.45) is 5.73 Å². The van der Waals surface area contributed by atoms with Gasteiger partial charge in [0.2, 0.25) is 0 Å². The predicted molar refractivity (Wildman–Crippen MR) is 28.4 cm³/mol. The van der Waals surface area contributed by atoms with Crippen LogP contribution in [-0.4, -0.2) is 12.2 Å². The summed E-state index contributed by atoms with van der Waals surface area (Å²) in [5.41, 5.74) is 9.11. The molecule has 1 heterocycles. The summed E-state index contributed by atoms with van der Waals surface area (Å²) < 4.78 is 35.2. The maximum absolute atomic E-state index is 11.7. The Hall–Kier alpha value is -0.910. The molecule has 6 heteroatoms. The van der Waals surface area contributed by atoms with Crippen LogP contribution in [-0.2, 0) is 0 Å². The standard InChI is InChI=1S/C4H6F3N3/c5-4(6,7)2-1-3(8)10-9-2/h1-2,9-10H,8H2. The fourth-order valence-corrected chi connectivity index (χ4v) is 0.600. The van der Waals surface area contributed by atoms with Gasteiger partial charge in [-0.05, 0) is 6.08 Å². The van der Waals surface area contributed by atoms with Crippen LogP contribution in [0.5, 0.6) is 0 Å². The number of hydrazine groups is 1. The van der Waals surface area contributed by atoms with Crippen LogP contribution >= 0.6 is 0 Å². The smallest absolute Gasteiger partial charge is 0.385 e. The molecule has 10 heavy (non-hydrogen) atoms. The Kier molecular flexibility index (Phi) is 1.47. The second kappa shape index (κ2) is 2.05. The van der Waals surface area contributed by atoms with Gasteiger partial charge in [0.25, 0.3) is 0 Å². The fraction of sp³-hybridized carbons (Fsp3) is 0.500. The van der Waals surface area contributed by atoms with E-state index in [1.807, 2.05) is 5.43 Å². The van der Waals surface area contributed by atoms with E-state index < -0.39 is 12.2 Å². The van der Waals surface area contributed by atoms with Crippen molar-refractivity contribution < 1.29 is 13.2 Å². The fourth-order valence-electron chi connectivity index (χ4n) is 0.600. The number of rotatable bonds is 0. The van der Waals surface area contributed by atoms with Gasteiger partial charge in [-0.3, -0.25) is 0 Å². The zero-order valence-corrected chi connectivity index (χ0v) is 4.87. The van der Waals surface area contributed by atoms with Gasteiger partial charge in [-0.25, -0.2) is 5.43 Å². The van der Waals surface area contributed by atoms with Gasteiger partial charge < -0.3 is 11.2 Å². The highest BCUT2D eigenvalue weighted by Gasteiger charge is 2.40. The van der Waals surface area contributed by atoms with E-state index in [1.165, 1.54) is 0 Å². The summed E-state index contributed by atoms with van der Waals surface area (Å²) in [6.45, 7) is 0. The minimum absolute atomic E-state index is 0.00215. The molecule has 0 bridgehead atoms. The topological polar surface area (TPSA) is 50.1 Å². The van der Waals surface area contributed by atoms with Crippen LogP contribution in [0.4, 0.5) is 13.2 Å². The molecule has 0 saturated carbocycles. The highest BCUT2D eigenvalue weighted by Crippen LogP contribution is 2.22. The van der Waals surface area contributed by atoms with E-state index >= 15 is 0 Å². The monoisotopic (exact) mass is 153 g/mol. The molecule has 0 saturated heterocycles. The number of nitrogens with two attached hydrogens (primary N) is 1. The third kappa shape index (κ3) is 1.32. The van der Waals surface area contributed by atoms with E-state index in [4.69, 9.17) is 5.73 Å². The predicted octanol–water partition coefficient (Wildman–Crippen LogP) is -0.175. The third-order valence-electron chi connectivity index (χ3n) is 1.07. The molecular weight excluding hydrogens is 147 g/mol. The summed E-state index contributed by atoms with van der Waals surface area (Å²) in [6.07, 6.45) is -3.39. The van der Waals surface area contributed by atoms with Crippen LogP contribution in [0.25, 0.3) is 0 Å². The summed E-state index contributed by atoms with van der Waals surface area (Å²) >= 11 is 0. The molecule has 0 aromatic carbocycles. The van der Waals surface area contributed by atoms with Gasteiger partial charge in [0.05, 0.1) is 0 Å². The third-order valence-corrected chi connectivity index (χ3v) is 1.07. The number of nitrogens with one attached hydrogen (secondary N) is 2. The molecule has 0 aromatic rings. The Balaban J connectivity index is 2.61. The van der Waals surface area contributed by atoms with E-state index in [1.54, 1.807) is 0 Å². The van der Waals surface area contributed by atoms with Crippen LogP contribution in [0.1, 0.15) is 0 Å². The molecule has 1 rings (SSSR count). The van der Waals surface area contributed by atoms with Crippen molar-refractivity contribution in [1.29, 1.82) is 0 Å². The maximum atomic E-state index is 11.7. The first kappa shape index (κ1) is 7.20. The minimum Gasteiger partial charge on any atom is -0.385 e. The van der Waals surface area contributed by atoms with Crippen LogP contribution in [0.3, 0.4) is 0 Å². The van der Waals surface area contributed by atoms with Crippen LogP contribution in [0.2, 0.25) is 0 Å². The van der Waals surface area contributed by atoms with Crippen molar-refractivity contribution in [3.63, 3.8) is 0 Å². The summed E-state index contributed by atoms with van der Waals surface area (Å²) in [6, 6.07) is -1.66. The molecule has 1 unspecified atom stereocenters. The van der Waals surface area contributed by atoms with E-state index in [2.05, 4.69) is 5.43 Å². The van der Waals surface area contributed by atoms with Crippen LogP contribution < -0.4 is 16.6 Å². The molecule has 1 aliphatic heterocycles. The largest absolute Gasteiger partial charge is 0.409 e. The molecule has 0 spiro atoms. The van der Waals surface area contributed by atoms with Gasteiger partial charge in [0.1, 0.15) is 11.9 Å². The van der Waals surface area contributed by atoms with Crippen molar-refractivity contribution in [2.45, 2.75) is 12.2 Å². The molecule has 0 fully saturated rings. The van der Waals surface area contributed by atoms with E-state index in [0.29, 0.717) is 0 Å². The lowest BCUT2D eigenvalue weighted by Gasteiger charge is -2.11. The van der Waals surface area contributed by atoms with Gasteiger partial charge in [-0.2, -0.15) is 13.2 Å². The second-order valence-electron chi connectivity index (χ2n) is 1.91. The second-order valence-corrected chi connectivity index (χ2v) is 1.91. The molecule has 0 aromatic heterocycles. The molecule has 0 aliphatic carbocycles. The van der Waals surface area contributed by atoms with E-state index in [9.17, 15) is 13.2 Å². The quantitative estimate of drug-likeness (QED) is 0.452. The lowest BCUT2D eigenvalue weighted by atomic mass is 10.3. The Morgan fingerprint density at radius 1 is 1.50 bits per heavy atom. The maximum Gasteiger partial charge on any atom is 0.409 e. The van der Waals surface area contributed by atoms with Crippen molar-refractivity contribution >= 4 is 0 Å². The molecule has 4 N–H and O–H groups in total. The first-order chi connectivity index (χ1) is 4.50. The highest BCUT2D eigenvalue weighted by molar-refractivity contribution is 5.08. The van der Waals surface area contributed by atoms with Crippen molar-refractivity contribution in [1.82, 2.24) is 10.9 Å². The molecule has 58 valence electrons. The number of hydrogen-bond donors (Lipinski definition) is 3. The van der Waals surface area contributed by atoms with Crippen LogP contribution in [0.15, 0.2) is 11.9 Å². The van der Waals surface area contributed by atoms with Gasteiger partial charge in [-0.15, -0.1) is 0 Å². The van der Waals surface area contributed by atoms with Crippen molar-refractivity contribution in [3.8, 4) is 0 Å². The lowest BCUT2D eigenvalue weighted by Crippen LogP contribution is -2.42. The Morgan fingerprint density at radius 2 is 2.10 bits per heavy atom. The first-order valence-corrected chi connectivity index (χ1v) is 2.55. The van der Waals surface area contributed by atoms with Crippen molar-refractivity contribution in [3.05, 3.63) is 11.9 Å². The average molecular weight is 153 g/mol. The van der Waals surface area contributed by atoms with Gasteiger partial charge >= 0.3 is 6.18 Å². The highest BCUT2D eigenvalue weighted by atomic mass is 19.4. The minimum atomic E-state index is -4.27.